The topological polar surface area (TPSA) is 75.9 Å². The summed E-state index contributed by atoms with van der Waals surface area (Å²) in [6, 6.07) is -0.778. The van der Waals surface area contributed by atoms with Crippen LogP contribution in [-0.4, -0.2) is 53.3 Å². The van der Waals surface area contributed by atoms with E-state index < -0.39 is 34.7 Å². The van der Waals surface area contributed by atoms with Gasteiger partial charge >= 0.3 is 6.09 Å². The van der Waals surface area contributed by atoms with Gasteiger partial charge in [0.05, 0.1) is 0 Å². The summed E-state index contributed by atoms with van der Waals surface area (Å²) in [5.41, 5.74) is -2.31. The van der Waals surface area contributed by atoms with E-state index in [4.69, 9.17) is 10.6 Å². The van der Waals surface area contributed by atoms with Crippen LogP contribution in [0.2, 0.25) is 0 Å². The lowest BCUT2D eigenvalue weighted by molar-refractivity contribution is -0.241. The predicted molar refractivity (Wildman–Crippen MR) is 74.9 cm³/mol. The minimum Gasteiger partial charge on any atom is -0.444 e. The van der Waals surface area contributed by atoms with Crippen molar-refractivity contribution in [2.75, 3.05) is 14.1 Å². The standard InChI is InChI=1S/C14H24FN3O3/c1-12(2,3)21-11(20)17(4)9(10(19)18(5)16)13-6-14(15,7-13)8-13/h9H,6-8,16H2,1-5H3. The molecule has 3 saturated carbocycles. The zero-order valence-electron chi connectivity index (χ0n) is 13.3. The highest BCUT2D eigenvalue weighted by Crippen LogP contribution is 2.71. The van der Waals surface area contributed by atoms with Crippen molar-refractivity contribution < 1.29 is 18.7 Å². The van der Waals surface area contributed by atoms with Gasteiger partial charge in [-0.25, -0.2) is 15.0 Å². The maximum absolute atomic E-state index is 13.8. The van der Waals surface area contributed by atoms with Crippen LogP contribution in [0.1, 0.15) is 40.0 Å². The molecule has 0 aromatic heterocycles. The first kappa shape index (κ1) is 16.0. The van der Waals surface area contributed by atoms with Gasteiger partial charge in [0.15, 0.2) is 0 Å². The van der Waals surface area contributed by atoms with Gasteiger partial charge in [0.2, 0.25) is 0 Å². The monoisotopic (exact) mass is 301 g/mol. The molecule has 6 nitrogen and oxygen atoms in total. The molecule has 0 heterocycles. The molecule has 3 aliphatic rings. The summed E-state index contributed by atoms with van der Waals surface area (Å²) in [6.07, 6.45) is 0.312. The Bertz CT molecular complexity index is 453. The molecule has 0 aromatic rings. The fourth-order valence-corrected chi connectivity index (χ4v) is 3.50. The third-order valence-corrected chi connectivity index (χ3v) is 4.24. The number of nitrogens with two attached hydrogens (primary N) is 1. The molecular formula is C14H24FN3O3. The molecule has 2 amide bonds. The molecule has 3 rings (SSSR count). The van der Waals surface area contributed by atoms with Gasteiger partial charge in [-0.1, -0.05) is 0 Å². The SMILES string of the molecule is CN(N)C(=O)C(N(C)C(=O)OC(C)(C)C)C12CC(F)(C1)C2. The largest absolute Gasteiger partial charge is 0.444 e. The molecule has 3 aliphatic carbocycles. The molecule has 0 aliphatic heterocycles. The van der Waals surface area contributed by atoms with E-state index >= 15 is 0 Å². The van der Waals surface area contributed by atoms with Gasteiger partial charge in [0.1, 0.15) is 17.3 Å². The molecule has 0 radical (unpaired) electrons. The predicted octanol–water partition coefficient (Wildman–Crippen LogP) is 1.45. The second-order valence-electron chi connectivity index (χ2n) is 7.49. The van der Waals surface area contributed by atoms with E-state index in [0.29, 0.717) is 19.3 Å². The van der Waals surface area contributed by atoms with Crippen LogP contribution >= 0.6 is 0 Å². The molecule has 1 unspecified atom stereocenters. The molecule has 1 atom stereocenters. The summed E-state index contributed by atoms with van der Waals surface area (Å²) in [7, 11) is 2.93. The molecule has 7 heteroatoms. The molecule has 2 N–H and O–H groups in total. The quantitative estimate of drug-likeness (QED) is 0.486. The Morgan fingerprint density at radius 1 is 1.24 bits per heavy atom. The van der Waals surface area contributed by atoms with Crippen molar-refractivity contribution in [3.05, 3.63) is 0 Å². The van der Waals surface area contributed by atoms with Crippen LogP contribution in [0.3, 0.4) is 0 Å². The van der Waals surface area contributed by atoms with Gasteiger partial charge in [-0.05, 0) is 40.0 Å². The Balaban J connectivity index is 2.16. The Morgan fingerprint density at radius 2 is 1.71 bits per heavy atom. The van der Waals surface area contributed by atoms with Gasteiger partial charge in [-0.15, -0.1) is 0 Å². The maximum atomic E-state index is 13.8. The van der Waals surface area contributed by atoms with Crippen molar-refractivity contribution >= 4 is 12.0 Å². The van der Waals surface area contributed by atoms with Gasteiger partial charge in [0, 0.05) is 19.5 Å². The molecule has 2 bridgehead atoms. The smallest absolute Gasteiger partial charge is 0.410 e. The van der Waals surface area contributed by atoms with Gasteiger partial charge in [-0.2, -0.15) is 0 Å². The number of likely N-dealkylation sites (N-methyl/N-ethyl adjacent to an activating group) is 2. The number of ether oxygens (including phenoxy) is 1. The maximum Gasteiger partial charge on any atom is 0.410 e. The first-order chi connectivity index (χ1) is 9.39. The zero-order chi connectivity index (χ0) is 16.2. The molecule has 3 fully saturated rings. The number of carbonyl (C=O) groups excluding carboxylic acids is 2. The number of halogens is 1. The van der Waals surface area contributed by atoms with Crippen LogP contribution in [0.25, 0.3) is 0 Å². The van der Waals surface area contributed by atoms with Crippen molar-refractivity contribution in [1.29, 1.82) is 0 Å². The van der Waals surface area contributed by atoms with Crippen molar-refractivity contribution in [3.63, 3.8) is 0 Å². The normalized spacial score (nSPS) is 31.6. The van der Waals surface area contributed by atoms with Crippen molar-refractivity contribution in [2.24, 2.45) is 11.3 Å². The lowest BCUT2D eigenvalue weighted by atomic mass is 9.39. The Kier molecular flexibility index (Phi) is 3.48. The van der Waals surface area contributed by atoms with E-state index in [9.17, 15) is 14.0 Å². The van der Waals surface area contributed by atoms with Gasteiger partial charge < -0.3 is 4.74 Å². The summed E-state index contributed by atoms with van der Waals surface area (Å²) >= 11 is 0. The van der Waals surface area contributed by atoms with E-state index in [1.807, 2.05) is 0 Å². The fourth-order valence-electron chi connectivity index (χ4n) is 3.50. The average Bonchev–Trinajstić information content (AvgIpc) is 2.22. The van der Waals surface area contributed by atoms with Crippen molar-refractivity contribution in [2.45, 2.75) is 57.3 Å². The summed E-state index contributed by atoms with van der Waals surface area (Å²) in [5.74, 6) is 5.14. The number of hydrazine groups is 1. The number of hydrogen-bond donors (Lipinski definition) is 1. The van der Waals surface area contributed by atoms with Gasteiger partial charge in [-0.3, -0.25) is 14.7 Å². The fraction of sp³-hybridized carbons (Fsp3) is 0.857. The third-order valence-electron chi connectivity index (χ3n) is 4.24. The molecule has 21 heavy (non-hydrogen) atoms. The van der Waals surface area contributed by atoms with Crippen molar-refractivity contribution in [1.82, 2.24) is 9.91 Å². The summed E-state index contributed by atoms with van der Waals surface area (Å²) in [4.78, 5) is 25.8. The van der Waals surface area contributed by atoms with E-state index in [1.54, 1.807) is 20.8 Å². The highest BCUT2D eigenvalue weighted by molar-refractivity contribution is 5.86. The van der Waals surface area contributed by atoms with Crippen LogP contribution in [0.15, 0.2) is 0 Å². The second-order valence-corrected chi connectivity index (χ2v) is 7.49. The van der Waals surface area contributed by atoms with E-state index in [1.165, 1.54) is 19.0 Å². The number of carbonyl (C=O) groups is 2. The van der Waals surface area contributed by atoms with E-state index in [-0.39, 0.29) is 0 Å². The second kappa shape index (κ2) is 4.56. The first-order valence-electron chi connectivity index (χ1n) is 7.06. The van der Waals surface area contributed by atoms with Crippen LogP contribution in [0.5, 0.6) is 0 Å². The summed E-state index contributed by atoms with van der Waals surface area (Å²) in [6.45, 7) is 5.26. The van der Waals surface area contributed by atoms with E-state index in [2.05, 4.69) is 0 Å². The Morgan fingerprint density at radius 3 is 2.05 bits per heavy atom. The van der Waals surface area contributed by atoms with Crippen LogP contribution in [0, 0.1) is 5.41 Å². The minimum absolute atomic E-state index is 0.303. The molecule has 0 aromatic carbocycles. The number of nitrogens with zero attached hydrogens (tertiary/aromatic N) is 2. The Hall–Kier alpha value is -1.37. The highest BCUT2D eigenvalue weighted by atomic mass is 19.1. The summed E-state index contributed by atoms with van der Waals surface area (Å²) in [5, 5.41) is 0.955. The minimum atomic E-state index is -1.15. The highest BCUT2D eigenvalue weighted by Gasteiger charge is 2.74. The molecular weight excluding hydrogens is 277 g/mol. The molecule has 0 spiro atoms. The number of hydrogen-bond acceptors (Lipinski definition) is 4. The van der Waals surface area contributed by atoms with Crippen LogP contribution in [-0.2, 0) is 9.53 Å². The number of alkyl halides is 1. The lowest BCUT2D eigenvalue weighted by Gasteiger charge is -2.69. The van der Waals surface area contributed by atoms with E-state index in [0.717, 1.165) is 5.01 Å². The average molecular weight is 301 g/mol. The molecule has 0 saturated heterocycles. The Labute approximate surface area is 124 Å². The van der Waals surface area contributed by atoms with Gasteiger partial charge in [0.25, 0.3) is 5.91 Å². The molecule has 120 valence electrons. The first-order valence-corrected chi connectivity index (χ1v) is 7.06. The van der Waals surface area contributed by atoms with Crippen molar-refractivity contribution in [3.8, 4) is 0 Å². The number of rotatable bonds is 3. The van der Waals surface area contributed by atoms with Crippen LogP contribution < -0.4 is 5.84 Å². The third kappa shape index (κ3) is 2.71. The lowest BCUT2D eigenvalue weighted by Crippen LogP contribution is -2.75. The number of amides is 2. The zero-order valence-corrected chi connectivity index (χ0v) is 13.3. The summed E-state index contributed by atoms with van der Waals surface area (Å²) < 4.78 is 19.1. The van der Waals surface area contributed by atoms with Crippen LogP contribution in [0.4, 0.5) is 9.18 Å².